The van der Waals surface area contributed by atoms with E-state index in [9.17, 15) is 9.70 Å². The predicted molar refractivity (Wildman–Crippen MR) is 72.4 cm³/mol. The summed E-state index contributed by atoms with van der Waals surface area (Å²) in [6.07, 6.45) is 0.982. The van der Waals surface area contributed by atoms with Crippen LogP contribution in [0.15, 0.2) is 17.3 Å². The van der Waals surface area contributed by atoms with Gasteiger partial charge in [0.25, 0.3) is 0 Å². The molecule has 0 saturated carbocycles. The topological polar surface area (TPSA) is 74.2 Å². The van der Waals surface area contributed by atoms with Crippen LogP contribution in [0.3, 0.4) is 0 Å². The van der Waals surface area contributed by atoms with Gasteiger partial charge in [0.2, 0.25) is 0 Å². The first-order valence-corrected chi connectivity index (χ1v) is 6.30. The number of carbonyl (C=O) groups is 1. The first-order valence-electron chi connectivity index (χ1n) is 6.30. The number of carbonyl (C=O) groups excluding carboxylic acids is 1. The first kappa shape index (κ1) is 14.6. The maximum Gasteiger partial charge on any atom is 0.163 e. The molecule has 0 N–H and O–H groups in total. The van der Waals surface area contributed by atoms with Crippen LogP contribution in [0.5, 0.6) is 5.75 Å². The summed E-state index contributed by atoms with van der Waals surface area (Å²) < 4.78 is 16.5. The number of ether oxygens (including phenoxy) is 3. The third-order valence-corrected chi connectivity index (χ3v) is 3.17. The standard InChI is InChI=1S/C14H17NO5/c1-14(2)19-8-11(20-14)4-9-5-12(15-17)10(7-16)6-13(9)18-3/h5-7,11H,4,8H2,1-3H3. The predicted octanol–water partition coefficient (Wildman–Crippen LogP) is 2.60. The van der Waals surface area contributed by atoms with Gasteiger partial charge in [-0.1, -0.05) is 0 Å². The Balaban J connectivity index is 2.26. The number of hydrogen-bond donors (Lipinski definition) is 0. The van der Waals surface area contributed by atoms with E-state index in [2.05, 4.69) is 5.18 Å². The summed E-state index contributed by atoms with van der Waals surface area (Å²) in [5, 5.41) is 2.87. The highest BCUT2D eigenvalue weighted by atomic mass is 16.7. The fourth-order valence-electron chi connectivity index (χ4n) is 2.26. The first-order chi connectivity index (χ1) is 9.49. The average molecular weight is 279 g/mol. The molecule has 0 spiro atoms. The molecule has 1 aliphatic rings. The van der Waals surface area contributed by atoms with Crippen LogP contribution in [0, 0.1) is 4.91 Å². The molecule has 1 aromatic carbocycles. The van der Waals surface area contributed by atoms with Gasteiger partial charge in [0.15, 0.2) is 12.1 Å². The van der Waals surface area contributed by atoms with Crippen molar-refractivity contribution in [3.8, 4) is 5.75 Å². The third-order valence-electron chi connectivity index (χ3n) is 3.17. The van der Waals surface area contributed by atoms with E-state index < -0.39 is 5.79 Å². The Morgan fingerprint density at radius 3 is 2.75 bits per heavy atom. The van der Waals surface area contributed by atoms with Gasteiger partial charge in [0, 0.05) is 12.0 Å². The van der Waals surface area contributed by atoms with Crippen LogP contribution in [-0.2, 0) is 15.9 Å². The van der Waals surface area contributed by atoms with Gasteiger partial charge in [-0.15, -0.1) is 4.91 Å². The zero-order chi connectivity index (χ0) is 14.8. The molecule has 6 heteroatoms. The lowest BCUT2D eigenvalue weighted by molar-refractivity contribution is -0.138. The molecule has 20 heavy (non-hydrogen) atoms. The van der Waals surface area contributed by atoms with Gasteiger partial charge in [-0.05, 0) is 36.7 Å². The lowest BCUT2D eigenvalue weighted by Gasteiger charge is -2.18. The number of nitroso groups, excluding NO2 is 1. The van der Waals surface area contributed by atoms with Crippen LogP contribution in [0.1, 0.15) is 29.8 Å². The van der Waals surface area contributed by atoms with Crippen molar-refractivity contribution < 1.29 is 19.0 Å². The number of nitrogens with zero attached hydrogens (tertiary/aromatic N) is 1. The second kappa shape index (κ2) is 5.68. The molecule has 0 aromatic heterocycles. The Labute approximate surface area is 117 Å². The third kappa shape index (κ3) is 3.02. The normalized spacial score (nSPS) is 20.6. The highest BCUT2D eigenvalue weighted by Gasteiger charge is 2.33. The number of aldehydes is 1. The van der Waals surface area contributed by atoms with Crippen LogP contribution in [-0.4, -0.2) is 31.9 Å². The molecule has 1 unspecified atom stereocenters. The molecule has 0 radical (unpaired) electrons. The molecular formula is C14H17NO5. The molecule has 0 amide bonds. The number of benzene rings is 1. The Bertz CT molecular complexity index is 527. The average Bonchev–Trinajstić information content (AvgIpc) is 2.77. The van der Waals surface area contributed by atoms with Gasteiger partial charge < -0.3 is 14.2 Å². The van der Waals surface area contributed by atoms with Crippen molar-refractivity contribution in [3.05, 3.63) is 28.2 Å². The van der Waals surface area contributed by atoms with Crippen molar-refractivity contribution in [1.82, 2.24) is 0 Å². The molecule has 6 nitrogen and oxygen atoms in total. The van der Waals surface area contributed by atoms with Crippen LogP contribution in [0.25, 0.3) is 0 Å². The van der Waals surface area contributed by atoms with Gasteiger partial charge in [0.05, 0.1) is 19.8 Å². The summed E-state index contributed by atoms with van der Waals surface area (Å²) in [6, 6.07) is 3.07. The van der Waals surface area contributed by atoms with Crippen LogP contribution in [0.2, 0.25) is 0 Å². The SMILES string of the molecule is COc1cc(C=O)c(N=O)cc1CC1COC(C)(C)O1. The fourth-order valence-corrected chi connectivity index (χ4v) is 2.26. The minimum absolute atomic E-state index is 0.106. The molecule has 2 rings (SSSR count). The van der Waals surface area contributed by atoms with E-state index in [1.165, 1.54) is 13.2 Å². The van der Waals surface area contributed by atoms with E-state index in [0.29, 0.717) is 25.1 Å². The van der Waals surface area contributed by atoms with Gasteiger partial charge in [0.1, 0.15) is 11.4 Å². The lowest BCUT2D eigenvalue weighted by Crippen LogP contribution is -2.22. The number of methoxy groups -OCH3 is 1. The Hall–Kier alpha value is -1.79. The molecule has 108 valence electrons. The van der Waals surface area contributed by atoms with Crippen molar-refractivity contribution in [2.45, 2.75) is 32.2 Å². The van der Waals surface area contributed by atoms with E-state index in [-0.39, 0.29) is 17.4 Å². The fraction of sp³-hybridized carbons (Fsp3) is 0.500. The van der Waals surface area contributed by atoms with E-state index in [0.717, 1.165) is 5.56 Å². The Morgan fingerprint density at radius 2 is 2.25 bits per heavy atom. The van der Waals surface area contributed by atoms with Crippen molar-refractivity contribution >= 4 is 12.0 Å². The highest BCUT2D eigenvalue weighted by Crippen LogP contribution is 2.32. The Kier molecular flexibility index (Phi) is 4.15. The van der Waals surface area contributed by atoms with Crippen molar-refractivity contribution in [3.63, 3.8) is 0 Å². The molecule has 1 saturated heterocycles. The van der Waals surface area contributed by atoms with Crippen LogP contribution < -0.4 is 4.74 Å². The molecule has 0 bridgehead atoms. The smallest absolute Gasteiger partial charge is 0.163 e. The second-order valence-electron chi connectivity index (χ2n) is 5.09. The molecule has 1 aliphatic heterocycles. The second-order valence-corrected chi connectivity index (χ2v) is 5.09. The van der Waals surface area contributed by atoms with Crippen LogP contribution >= 0.6 is 0 Å². The number of rotatable bonds is 5. The Morgan fingerprint density at radius 1 is 1.50 bits per heavy atom. The molecule has 1 atom stereocenters. The maximum atomic E-state index is 10.9. The molecule has 1 aromatic rings. The number of hydrogen-bond acceptors (Lipinski definition) is 6. The summed E-state index contributed by atoms with van der Waals surface area (Å²) in [4.78, 5) is 21.7. The van der Waals surface area contributed by atoms with E-state index in [1.54, 1.807) is 6.07 Å². The van der Waals surface area contributed by atoms with Gasteiger partial charge in [-0.2, -0.15) is 0 Å². The minimum Gasteiger partial charge on any atom is -0.496 e. The van der Waals surface area contributed by atoms with Gasteiger partial charge >= 0.3 is 0 Å². The largest absolute Gasteiger partial charge is 0.496 e. The summed E-state index contributed by atoms with van der Waals surface area (Å²) in [7, 11) is 1.51. The molecule has 1 fully saturated rings. The van der Waals surface area contributed by atoms with E-state index in [1.807, 2.05) is 13.8 Å². The zero-order valence-corrected chi connectivity index (χ0v) is 11.7. The van der Waals surface area contributed by atoms with Crippen molar-refractivity contribution in [1.29, 1.82) is 0 Å². The summed E-state index contributed by atoms with van der Waals surface area (Å²) in [6.45, 7) is 4.16. The molecule has 1 heterocycles. The zero-order valence-electron chi connectivity index (χ0n) is 11.7. The van der Waals surface area contributed by atoms with Crippen molar-refractivity contribution in [2.75, 3.05) is 13.7 Å². The minimum atomic E-state index is -0.605. The molecular weight excluding hydrogens is 262 g/mol. The summed E-state index contributed by atoms with van der Waals surface area (Å²) in [5.74, 6) is -0.0698. The van der Waals surface area contributed by atoms with Crippen molar-refractivity contribution in [2.24, 2.45) is 5.18 Å². The summed E-state index contributed by atoms with van der Waals surface area (Å²) >= 11 is 0. The van der Waals surface area contributed by atoms with E-state index >= 15 is 0 Å². The summed E-state index contributed by atoms with van der Waals surface area (Å²) in [5.41, 5.74) is 1.08. The lowest BCUT2D eigenvalue weighted by atomic mass is 10.0. The quantitative estimate of drug-likeness (QED) is 0.611. The van der Waals surface area contributed by atoms with E-state index in [4.69, 9.17) is 14.2 Å². The van der Waals surface area contributed by atoms with Gasteiger partial charge in [-0.25, -0.2) is 0 Å². The highest BCUT2D eigenvalue weighted by molar-refractivity contribution is 5.84. The molecule has 0 aliphatic carbocycles. The van der Waals surface area contributed by atoms with Gasteiger partial charge in [-0.3, -0.25) is 4.79 Å². The monoisotopic (exact) mass is 279 g/mol. The van der Waals surface area contributed by atoms with Crippen LogP contribution in [0.4, 0.5) is 5.69 Å². The maximum absolute atomic E-state index is 10.9.